The van der Waals surface area contributed by atoms with Crippen molar-refractivity contribution in [1.29, 1.82) is 5.26 Å². The fourth-order valence-corrected chi connectivity index (χ4v) is 1.84. The standard InChI is InChI=1S/C14H17N3S/c1-4-17(10-11(2)3)14(18)16-13-8-6-5-7-12(13)9-15/h5-8H,2,4,10H2,1,3H3,(H,16,18). The number of nitrogens with one attached hydrogen (secondary N) is 1. The number of nitrogens with zero attached hydrogens (tertiary/aromatic N) is 2. The van der Waals surface area contributed by atoms with Crippen LogP contribution < -0.4 is 5.32 Å². The van der Waals surface area contributed by atoms with Gasteiger partial charge in [0.15, 0.2) is 5.11 Å². The van der Waals surface area contributed by atoms with Gasteiger partial charge in [-0.25, -0.2) is 0 Å². The average molecular weight is 259 g/mol. The Bertz CT molecular complexity index is 488. The van der Waals surface area contributed by atoms with Crippen LogP contribution in [0.15, 0.2) is 36.4 Å². The molecule has 0 bridgehead atoms. The van der Waals surface area contributed by atoms with Gasteiger partial charge in [0.25, 0.3) is 0 Å². The largest absolute Gasteiger partial charge is 0.345 e. The number of hydrogen-bond acceptors (Lipinski definition) is 2. The van der Waals surface area contributed by atoms with Crippen LogP contribution in [0, 0.1) is 11.3 Å². The van der Waals surface area contributed by atoms with Crippen LogP contribution in [0.25, 0.3) is 0 Å². The Kier molecular flexibility index (Phi) is 5.34. The van der Waals surface area contributed by atoms with Crippen LogP contribution in [0.4, 0.5) is 5.69 Å². The molecule has 1 aromatic rings. The molecule has 0 fully saturated rings. The van der Waals surface area contributed by atoms with Gasteiger partial charge in [0.1, 0.15) is 6.07 Å². The average Bonchev–Trinajstić information content (AvgIpc) is 2.36. The van der Waals surface area contributed by atoms with E-state index in [2.05, 4.69) is 18.0 Å². The fraction of sp³-hybridized carbons (Fsp3) is 0.286. The van der Waals surface area contributed by atoms with E-state index in [0.29, 0.717) is 10.7 Å². The van der Waals surface area contributed by atoms with Crippen LogP contribution in [0.1, 0.15) is 19.4 Å². The first kappa shape index (κ1) is 14.2. The van der Waals surface area contributed by atoms with Crippen molar-refractivity contribution in [2.24, 2.45) is 0 Å². The normalized spacial score (nSPS) is 9.39. The molecule has 1 rings (SSSR count). The highest BCUT2D eigenvalue weighted by molar-refractivity contribution is 7.80. The Morgan fingerprint density at radius 2 is 2.17 bits per heavy atom. The number of hydrogen-bond donors (Lipinski definition) is 1. The Morgan fingerprint density at radius 1 is 1.50 bits per heavy atom. The fourth-order valence-electron chi connectivity index (χ4n) is 1.54. The summed E-state index contributed by atoms with van der Waals surface area (Å²) in [6, 6.07) is 9.46. The minimum atomic E-state index is 0.589. The molecule has 18 heavy (non-hydrogen) atoms. The summed E-state index contributed by atoms with van der Waals surface area (Å²) in [7, 11) is 0. The molecule has 0 spiro atoms. The zero-order valence-electron chi connectivity index (χ0n) is 10.7. The molecule has 1 aromatic carbocycles. The highest BCUT2D eigenvalue weighted by Crippen LogP contribution is 2.14. The monoisotopic (exact) mass is 259 g/mol. The van der Waals surface area contributed by atoms with Crippen LogP contribution in [0.3, 0.4) is 0 Å². The summed E-state index contributed by atoms with van der Waals surface area (Å²) in [4.78, 5) is 2.01. The van der Waals surface area contributed by atoms with Gasteiger partial charge in [-0.2, -0.15) is 5.26 Å². The van der Waals surface area contributed by atoms with Gasteiger partial charge >= 0.3 is 0 Å². The number of para-hydroxylation sites is 1. The molecule has 3 nitrogen and oxygen atoms in total. The Hall–Kier alpha value is -1.86. The van der Waals surface area contributed by atoms with E-state index < -0.39 is 0 Å². The van der Waals surface area contributed by atoms with Crippen LogP contribution in [-0.2, 0) is 0 Å². The SMILES string of the molecule is C=C(C)CN(CC)C(=S)Nc1ccccc1C#N. The molecule has 94 valence electrons. The van der Waals surface area contributed by atoms with Crippen LogP contribution >= 0.6 is 12.2 Å². The summed E-state index contributed by atoms with van der Waals surface area (Å²) in [6.45, 7) is 9.40. The second-order valence-corrected chi connectivity index (χ2v) is 4.45. The van der Waals surface area contributed by atoms with Crippen LogP contribution in [0.2, 0.25) is 0 Å². The van der Waals surface area contributed by atoms with Crippen LogP contribution in [0.5, 0.6) is 0 Å². The number of likely N-dealkylation sites (N-methyl/N-ethyl adjacent to an activating group) is 1. The van der Waals surface area contributed by atoms with Crippen molar-refractivity contribution < 1.29 is 0 Å². The van der Waals surface area contributed by atoms with Gasteiger partial charge in [-0.15, -0.1) is 0 Å². The molecule has 0 aliphatic carbocycles. The van der Waals surface area contributed by atoms with E-state index in [1.54, 1.807) is 6.07 Å². The zero-order valence-corrected chi connectivity index (χ0v) is 11.5. The maximum Gasteiger partial charge on any atom is 0.173 e. The quantitative estimate of drug-likeness (QED) is 0.666. The first-order valence-electron chi connectivity index (χ1n) is 5.78. The summed E-state index contributed by atoms with van der Waals surface area (Å²) < 4.78 is 0. The molecule has 1 N–H and O–H groups in total. The molecule has 0 saturated heterocycles. The van der Waals surface area contributed by atoms with Gasteiger partial charge < -0.3 is 10.2 Å². The van der Waals surface area contributed by atoms with Gasteiger partial charge in [-0.3, -0.25) is 0 Å². The lowest BCUT2D eigenvalue weighted by molar-refractivity contribution is 0.485. The first-order valence-corrected chi connectivity index (χ1v) is 6.18. The third kappa shape index (κ3) is 3.86. The van der Waals surface area contributed by atoms with Crippen molar-refractivity contribution in [1.82, 2.24) is 4.90 Å². The third-order valence-corrected chi connectivity index (χ3v) is 2.78. The third-order valence-electron chi connectivity index (χ3n) is 2.42. The smallest absolute Gasteiger partial charge is 0.173 e. The summed E-state index contributed by atoms with van der Waals surface area (Å²) in [5.41, 5.74) is 2.38. The molecule has 0 amide bonds. The van der Waals surface area contributed by atoms with Crippen molar-refractivity contribution >= 4 is 23.0 Å². The van der Waals surface area contributed by atoms with Crippen molar-refractivity contribution in [3.05, 3.63) is 42.0 Å². The van der Waals surface area contributed by atoms with Gasteiger partial charge in [0, 0.05) is 13.1 Å². The topological polar surface area (TPSA) is 39.1 Å². The molecule has 0 heterocycles. The van der Waals surface area contributed by atoms with Crippen molar-refractivity contribution in [3.8, 4) is 6.07 Å². The lowest BCUT2D eigenvalue weighted by Gasteiger charge is -2.24. The summed E-state index contributed by atoms with van der Waals surface area (Å²) >= 11 is 5.35. The predicted octanol–water partition coefficient (Wildman–Crippen LogP) is 3.15. The molecule has 0 atom stereocenters. The highest BCUT2D eigenvalue weighted by atomic mass is 32.1. The van der Waals surface area contributed by atoms with E-state index in [1.807, 2.05) is 36.9 Å². The second kappa shape index (κ2) is 6.77. The molecule has 0 saturated carbocycles. The van der Waals surface area contributed by atoms with Gasteiger partial charge in [0.05, 0.1) is 11.3 Å². The number of anilines is 1. The second-order valence-electron chi connectivity index (χ2n) is 4.06. The lowest BCUT2D eigenvalue weighted by Crippen LogP contribution is -2.35. The molecule has 0 aliphatic heterocycles. The molecule has 0 aromatic heterocycles. The predicted molar refractivity (Wildman–Crippen MR) is 79.4 cm³/mol. The van der Waals surface area contributed by atoms with E-state index in [0.717, 1.165) is 24.4 Å². The highest BCUT2D eigenvalue weighted by Gasteiger charge is 2.09. The first-order chi connectivity index (χ1) is 8.58. The van der Waals surface area contributed by atoms with E-state index >= 15 is 0 Å². The molecule has 0 unspecified atom stereocenters. The summed E-state index contributed by atoms with van der Waals surface area (Å²) in [6.07, 6.45) is 0. The van der Waals surface area contributed by atoms with Gasteiger partial charge in [0.2, 0.25) is 0 Å². The van der Waals surface area contributed by atoms with Crippen molar-refractivity contribution in [3.63, 3.8) is 0 Å². The Morgan fingerprint density at radius 3 is 2.72 bits per heavy atom. The van der Waals surface area contributed by atoms with E-state index in [1.165, 1.54) is 0 Å². The summed E-state index contributed by atoms with van der Waals surface area (Å²) in [5.74, 6) is 0. The lowest BCUT2D eigenvalue weighted by atomic mass is 10.2. The molecule has 0 aliphatic rings. The Balaban J connectivity index is 2.80. The summed E-state index contributed by atoms with van der Waals surface area (Å²) in [5, 5.41) is 12.7. The van der Waals surface area contributed by atoms with E-state index in [9.17, 15) is 0 Å². The molecular weight excluding hydrogens is 242 g/mol. The van der Waals surface area contributed by atoms with Gasteiger partial charge in [-0.1, -0.05) is 24.3 Å². The van der Waals surface area contributed by atoms with E-state index in [-0.39, 0.29) is 0 Å². The van der Waals surface area contributed by atoms with Gasteiger partial charge in [-0.05, 0) is 38.2 Å². The Labute approximate surface area is 114 Å². The van der Waals surface area contributed by atoms with Crippen molar-refractivity contribution in [2.75, 3.05) is 18.4 Å². The molecular formula is C14H17N3S. The minimum absolute atomic E-state index is 0.589. The number of thiocarbonyl (C=S) groups is 1. The number of rotatable bonds is 4. The minimum Gasteiger partial charge on any atom is -0.345 e. The van der Waals surface area contributed by atoms with E-state index in [4.69, 9.17) is 17.5 Å². The maximum absolute atomic E-state index is 9.01. The molecule has 0 radical (unpaired) electrons. The maximum atomic E-state index is 9.01. The zero-order chi connectivity index (χ0) is 13.5. The van der Waals surface area contributed by atoms with Crippen LogP contribution in [-0.4, -0.2) is 23.1 Å². The molecule has 4 heteroatoms. The number of nitriles is 1. The van der Waals surface area contributed by atoms with Crippen molar-refractivity contribution in [2.45, 2.75) is 13.8 Å². The number of benzene rings is 1.